The number of carbonyl (C=O) groups excluding carboxylic acids is 2. The Kier molecular flexibility index (Phi) is 6.01. The lowest BCUT2D eigenvalue weighted by atomic mass is 9.95. The van der Waals surface area contributed by atoms with Crippen LogP contribution in [0.3, 0.4) is 0 Å². The molecule has 0 fully saturated rings. The topological polar surface area (TPSA) is 93.4 Å². The van der Waals surface area contributed by atoms with Crippen LogP contribution < -0.4 is 21.1 Å². The van der Waals surface area contributed by atoms with Crippen LogP contribution in [0.15, 0.2) is 30.3 Å². The molecular weight excluding hydrogens is 366 g/mol. The predicted octanol–water partition coefficient (Wildman–Crippen LogP) is 4.48. The van der Waals surface area contributed by atoms with Crippen molar-refractivity contribution in [3.05, 3.63) is 46.5 Å². The van der Waals surface area contributed by atoms with Gasteiger partial charge in [0.15, 0.2) is 0 Å². The Morgan fingerprint density at radius 3 is 2.37 bits per heavy atom. The molecule has 0 aliphatic carbocycles. The second kappa shape index (κ2) is 7.88. The molecule has 2 aromatic rings. The smallest absolute Gasteiger partial charge is 0.259 e. The van der Waals surface area contributed by atoms with Gasteiger partial charge in [0, 0.05) is 22.9 Å². The number of rotatable bonds is 4. The minimum absolute atomic E-state index is 0.110. The largest absolute Gasteiger partial charge is 0.496 e. The first-order valence-corrected chi connectivity index (χ1v) is 8.77. The molecule has 27 heavy (non-hydrogen) atoms. The summed E-state index contributed by atoms with van der Waals surface area (Å²) in [5.74, 6) is -0.186. The molecule has 0 aliphatic heterocycles. The molecule has 2 rings (SSSR count). The first kappa shape index (κ1) is 20.6. The summed E-state index contributed by atoms with van der Waals surface area (Å²) < 4.78 is 5.22. The van der Waals surface area contributed by atoms with Gasteiger partial charge >= 0.3 is 0 Å². The molecule has 6 nitrogen and oxygen atoms in total. The van der Waals surface area contributed by atoms with Gasteiger partial charge in [-0.1, -0.05) is 38.4 Å². The Balaban J connectivity index is 2.28. The van der Waals surface area contributed by atoms with E-state index in [4.69, 9.17) is 22.1 Å². The van der Waals surface area contributed by atoms with Crippen LogP contribution in [0.4, 0.5) is 17.1 Å². The lowest BCUT2D eigenvalue weighted by Crippen LogP contribution is -2.28. The minimum atomic E-state index is -0.528. The van der Waals surface area contributed by atoms with E-state index in [9.17, 15) is 9.59 Å². The van der Waals surface area contributed by atoms with Crippen molar-refractivity contribution in [2.75, 3.05) is 23.5 Å². The summed E-state index contributed by atoms with van der Waals surface area (Å²) in [4.78, 5) is 24.9. The summed E-state index contributed by atoms with van der Waals surface area (Å²) in [5.41, 5.74) is 7.87. The molecule has 2 amide bonds. The van der Waals surface area contributed by atoms with Gasteiger partial charge in [-0.15, -0.1) is 0 Å². The Morgan fingerprint density at radius 2 is 1.78 bits per heavy atom. The van der Waals surface area contributed by atoms with Crippen molar-refractivity contribution in [3.63, 3.8) is 0 Å². The number of carbonyl (C=O) groups is 2. The zero-order valence-electron chi connectivity index (χ0n) is 16.1. The molecule has 0 saturated heterocycles. The van der Waals surface area contributed by atoms with E-state index in [-0.39, 0.29) is 16.5 Å². The standard InChI is InChI=1S/C20H24ClN3O3/c1-11-6-7-12(8-16(11)24-19(26)20(2,3)4)23-18(25)13-9-14(21)15(22)10-17(13)27-5/h6-10H,22H2,1-5H3,(H,23,25)(H,24,26). The first-order chi connectivity index (χ1) is 12.5. The number of halogens is 1. The normalized spacial score (nSPS) is 11.0. The summed E-state index contributed by atoms with van der Waals surface area (Å²) in [6.45, 7) is 7.38. The van der Waals surface area contributed by atoms with Gasteiger partial charge in [-0.3, -0.25) is 9.59 Å². The van der Waals surface area contributed by atoms with Gasteiger partial charge in [-0.25, -0.2) is 0 Å². The SMILES string of the molecule is COc1cc(N)c(Cl)cc1C(=O)Nc1ccc(C)c(NC(=O)C(C)(C)C)c1. The molecule has 0 aliphatic rings. The highest BCUT2D eigenvalue weighted by Crippen LogP contribution is 2.30. The Bertz CT molecular complexity index is 889. The summed E-state index contributed by atoms with van der Waals surface area (Å²) in [6.07, 6.45) is 0. The van der Waals surface area contributed by atoms with Crippen LogP contribution in [0.5, 0.6) is 5.75 Å². The maximum Gasteiger partial charge on any atom is 0.259 e. The molecule has 0 atom stereocenters. The second-order valence-electron chi connectivity index (χ2n) is 7.26. The van der Waals surface area contributed by atoms with Gasteiger partial charge in [0.1, 0.15) is 5.75 Å². The minimum Gasteiger partial charge on any atom is -0.496 e. The quantitative estimate of drug-likeness (QED) is 0.672. The van der Waals surface area contributed by atoms with Gasteiger partial charge in [-0.05, 0) is 30.7 Å². The Morgan fingerprint density at radius 1 is 1.11 bits per heavy atom. The summed E-state index contributed by atoms with van der Waals surface area (Å²) >= 11 is 6.03. The number of benzene rings is 2. The zero-order valence-corrected chi connectivity index (χ0v) is 16.8. The van der Waals surface area contributed by atoms with Crippen molar-refractivity contribution < 1.29 is 14.3 Å². The fraction of sp³-hybridized carbons (Fsp3) is 0.300. The Hall–Kier alpha value is -2.73. The van der Waals surface area contributed by atoms with Crippen LogP contribution in [-0.4, -0.2) is 18.9 Å². The Labute approximate surface area is 164 Å². The van der Waals surface area contributed by atoms with Crippen molar-refractivity contribution in [2.45, 2.75) is 27.7 Å². The van der Waals surface area contributed by atoms with Crippen LogP contribution in [0, 0.1) is 12.3 Å². The molecule has 0 saturated carbocycles. The van der Waals surface area contributed by atoms with Crippen molar-refractivity contribution in [1.82, 2.24) is 0 Å². The fourth-order valence-electron chi connectivity index (χ4n) is 2.26. The number of aryl methyl sites for hydroxylation is 1. The average molecular weight is 390 g/mol. The number of hydrogen-bond donors (Lipinski definition) is 3. The molecule has 0 bridgehead atoms. The van der Waals surface area contributed by atoms with Crippen molar-refractivity contribution >= 4 is 40.5 Å². The predicted molar refractivity (Wildman–Crippen MR) is 110 cm³/mol. The molecule has 2 aromatic carbocycles. The van der Waals surface area contributed by atoms with Crippen LogP contribution in [0.25, 0.3) is 0 Å². The molecule has 0 unspecified atom stereocenters. The van der Waals surface area contributed by atoms with Gasteiger partial charge < -0.3 is 21.1 Å². The lowest BCUT2D eigenvalue weighted by Gasteiger charge is -2.19. The molecule has 0 aromatic heterocycles. The van der Waals surface area contributed by atoms with Crippen molar-refractivity contribution in [2.24, 2.45) is 5.41 Å². The maximum atomic E-state index is 12.7. The van der Waals surface area contributed by atoms with E-state index in [2.05, 4.69) is 10.6 Å². The third-order valence-electron chi connectivity index (χ3n) is 3.99. The highest BCUT2D eigenvalue weighted by Gasteiger charge is 2.22. The lowest BCUT2D eigenvalue weighted by molar-refractivity contribution is -0.123. The molecule has 0 spiro atoms. The number of anilines is 3. The monoisotopic (exact) mass is 389 g/mol. The number of ether oxygens (including phenoxy) is 1. The van der Waals surface area contributed by atoms with Crippen molar-refractivity contribution in [3.8, 4) is 5.75 Å². The fourth-order valence-corrected chi connectivity index (χ4v) is 2.42. The third kappa shape index (κ3) is 4.92. The summed E-state index contributed by atoms with van der Waals surface area (Å²) in [6, 6.07) is 8.25. The van der Waals surface area contributed by atoms with E-state index in [1.807, 2.05) is 33.8 Å². The third-order valence-corrected chi connectivity index (χ3v) is 4.32. The van der Waals surface area contributed by atoms with E-state index in [0.717, 1.165) is 5.56 Å². The molecule has 7 heteroatoms. The van der Waals surface area contributed by atoms with Crippen molar-refractivity contribution in [1.29, 1.82) is 0 Å². The molecule has 144 valence electrons. The number of nitrogens with one attached hydrogen (secondary N) is 2. The van der Waals surface area contributed by atoms with E-state index in [1.54, 1.807) is 12.1 Å². The van der Waals surface area contributed by atoms with E-state index >= 15 is 0 Å². The number of hydrogen-bond acceptors (Lipinski definition) is 4. The summed E-state index contributed by atoms with van der Waals surface area (Å²) in [7, 11) is 1.45. The zero-order chi connectivity index (χ0) is 20.4. The van der Waals surface area contributed by atoms with Gasteiger partial charge in [0.25, 0.3) is 5.91 Å². The number of nitrogens with two attached hydrogens (primary N) is 1. The molecule has 4 N–H and O–H groups in total. The average Bonchev–Trinajstić information content (AvgIpc) is 2.58. The summed E-state index contributed by atoms with van der Waals surface area (Å²) in [5, 5.41) is 5.95. The highest BCUT2D eigenvalue weighted by molar-refractivity contribution is 6.33. The maximum absolute atomic E-state index is 12.7. The highest BCUT2D eigenvalue weighted by atomic mass is 35.5. The van der Waals surface area contributed by atoms with E-state index in [0.29, 0.717) is 22.8 Å². The van der Waals surface area contributed by atoms with Crippen LogP contribution >= 0.6 is 11.6 Å². The van der Waals surface area contributed by atoms with Crippen LogP contribution in [0.2, 0.25) is 5.02 Å². The van der Waals surface area contributed by atoms with E-state index < -0.39 is 11.3 Å². The van der Waals surface area contributed by atoms with E-state index in [1.165, 1.54) is 19.2 Å². The molecular formula is C20H24ClN3O3. The molecule has 0 radical (unpaired) electrons. The number of nitrogen functional groups attached to an aromatic ring is 1. The van der Waals surface area contributed by atoms with Gasteiger partial charge in [0.05, 0.1) is 23.4 Å². The van der Waals surface area contributed by atoms with Gasteiger partial charge in [0.2, 0.25) is 5.91 Å². The van der Waals surface area contributed by atoms with Crippen LogP contribution in [-0.2, 0) is 4.79 Å². The molecule has 0 heterocycles. The van der Waals surface area contributed by atoms with Crippen LogP contribution in [0.1, 0.15) is 36.7 Å². The first-order valence-electron chi connectivity index (χ1n) is 8.39. The van der Waals surface area contributed by atoms with Gasteiger partial charge in [-0.2, -0.15) is 0 Å². The number of methoxy groups -OCH3 is 1. The second-order valence-corrected chi connectivity index (χ2v) is 7.67. The number of amides is 2.